The van der Waals surface area contributed by atoms with Gasteiger partial charge in [0.05, 0.1) is 18.1 Å². The zero-order chi connectivity index (χ0) is 33.0. The minimum Gasteiger partial charge on any atom is -0.496 e. The molecule has 11 heteroatoms. The lowest BCUT2D eigenvalue weighted by molar-refractivity contribution is -0.190. The van der Waals surface area contributed by atoms with Crippen LogP contribution in [0, 0.1) is 26.2 Å². The number of carbonyl (C=O) groups excluding carboxylic acids is 5. The number of rotatable bonds is 6. The van der Waals surface area contributed by atoms with Crippen molar-refractivity contribution in [3.05, 3.63) is 64.2 Å². The second-order valence-corrected chi connectivity index (χ2v) is 12.5. The summed E-state index contributed by atoms with van der Waals surface area (Å²) >= 11 is 0. The predicted octanol–water partition coefficient (Wildman–Crippen LogP) is 5.06. The maximum Gasteiger partial charge on any atom is 0.440 e. The maximum atomic E-state index is 14.3. The topological polar surface area (TPSA) is 123 Å². The first kappa shape index (κ1) is 34.8. The SMILES string of the molecule is COc1cccc(C(=O)N(C(=O)OC(OC(=O)C(C)(C)C)C(=O)N(C)C)N(C(=O)c2cc(C)cc(C)c2)C(C)(C)C)c1C. The van der Waals surface area contributed by atoms with E-state index in [1.165, 1.54) is 27.3 Å². The molecular formula is C32H43N3O8. The van der Waals surface area contributed by atoms with E-state index in [0.29, 0.717) is 16.3 Å². The van der Waals surface area contributed by atoms with E-state index < -0.39 is 47.0 Å². The normalized spacial score (nSPS) is 12.1. The van der Waals surface area contributed by atoms with Gasteiger partial charge in [0, 0.05) is 30.8 Å². The summed E-state index contributed by atoms with van der Waals surface area (Å²) in [5.41, 5.74) is 0.0568. The number of esters is 1. The number of nitrogens with zero attached hydrogens (tertiary/aromatic N) is 3. The summed E-state index contributed by atoms with van der Waals surface area (Å²) in [6.07, 6.45) is -3.43. The lowest BCUT2D eigenvalue weighted by atomic mass is 9.97. The number of likely N-dealkylation sites (N-methyl/N-ethyl adjacent to an activating group) is 1. The Morgan fingerprint density at radius 2 is 1.35 bits per heavy atom. The minimum absolute atomic E-state index is 0.0425. The van der Waals surface area contributed by atoms with Gasteiger partial charge in [0.1, 0.15) is 5.75 Å². The molecule has 0 heterocycles. The standard InChI is InChI=1S/C32H43N3O8/c1-19-16-20(2)18-22(17-19)25(36)35(32(7,8)9)34(26(37)23-14-13-15-24(41-12)21(23)3)30(40)43-28(27(38)33(10)11)42-29(39)31(4,5)6/h13-18,28H,1-12H3. The largest absolute Gasteiger partial charge is 0.496 e. The Morgan fingerprint density at radius 3 is 1.81 bits per heavy atom. The molecule has 0 saturated heterocycles. The van der Waals surface area contributed by atoms with Crippen LogP contribution in [0.3, 0.4) is 0 Å². The Morgan fingerprint density at radius 1 is 0.791 bits per heavy atom. The van der Waals surface area contributed by atoms with Crippen LogP contribution in [-0.4, -0.2) is 77.7 Å². The third-order valence-corrected chi connectivity index (χ3v) is 6.27. The van der Waals surface area contributed by atoms with E-state index in [2.05, 4.69) is 0 Å². The molecule has 2 aromatic rings. The highest BCUT2D eigenvalue weighted by atomic mass is 16.7. The van der Waals surface area contributed by atoms with Crippen molar-refractivity contribution >= 4 is 29.8 Å². The predicted molar refractivity (Wildman–Crippen MR) is 160 cm³/mol. The van der Waals surface area contributed by atoms with Crippen LogP contribution in [0.5, 0.6) is 5.75 Å². The lowest BCUT2D eigenvalue weighted by Gasteiger charge is -2.42. The van der Waals surface area contributed by atoms with E-state index in [1.807, 2.05) is 19.9 Å². The molecule has 0 radical (unpaired) electrons. The number of hydrazine groups is 1. The molecule has 43 heavy (non-hydrogen) atoms. The molecule has 0 aliphatic carbocycles. The van der Waals surface area contributed by atoms with Crippen molar-refractivity contribution in [1.82, 2.24) is 14.9 Å². The summed E-state index contributed by atoms with van der Waals surface area (Å²) in [7, 11) is 4.22. The van der Waals surface area contributed by atoms with Crippen molar-refractivity contribution in [2.24, 2.45) is 5.41 Å². The van der Waals surface area contributed by atoms with Crippen molar-refractivity contribution in [1.29, 1.82) is 0 Å². The van der Waals surface area contributed by atoms with Crippen LogP contribution in [0.25, 0.3) is 0 Å². The van der Waals surface area contributed by atoms with E-state index in [0.717, 1.165) is 21.0 Å². The van der Waals surface area contributed by atoms with Gasteiger partial charge in [-0.2, -0.15) is 0 Å². The molecule has 0 spiro atoms. The van der Waals surface area contributed by atoms with E-state index in [4.69, 9.17) is 14.2 Å². The minimum atomic E-state index is -2.03. The molecule has 0 aliphatic heterocycles. The monoisotopic (exact) mass is 597 g/mol. The number of benzene rings is 2. The number of ether oxygens (including phenoxy) is 3. The number of imide groups is 1. The third kappa shape index (κ3) is 8.33. The van der Waals surface area contributed by atoms with Gasteiger partial charge >= 0.3 is 24.3 Å². The number of hydrogen-bond donors (Lipinski definition) is 0. The molecular weight excluding hydrogens is 554 g/mol. The molecule has 0 fully saturated rings. The van der Waals surface area contributed by atoms with Crippen LogP contribution < -0.4 is 4.74 Å². The molecule has 1 unspecified atom stereocenters. The molecule has 0 saturated carbocycles. The Bertz CT molecular complexity index is 1380. The fourth-order valence-corrected chi connectivity index (χ4v) is 4.10. The number of carbonyl (C=O) groups is 5. The van der Waals surface area contributed by atoms with Gasteiger partial charge in [-0.1, -0.05) is 23.3 Å². The molecule has 0 N–H and O–H groups in total. The van der Waals surface area contributed by atoms with Gasteiger partial charge in [-0.15, -0.1) is 5.01 Å². The Kier molecular flexibility index (Phi) is 10.7. The molecule has 0 aliphatic rings. The van der Waals surface area contributed by atoms with Gasteiger partial charge in [-0.05, 0) is 86.6 Å². The van der Waals surface area contributed by atoms with Crippen molar-refractivity contribution in [2.75, 3.05) is 21.2 Å². The highest BCUT2D eigenvalue weighted by molar-refractivity contribution is 6.07. The summed E-state index contributed by atoms with van der Waals surface area (Å²) < 4.78 is 16.1. The molecule has 4 amide bonds. The molecule has 2 aromatic carbocycles. The van der Waals surface area contributed by atoms with Crippen LogP contribution >= 0.6 is 0 Å². The molecule has 0 bridgehead atoms. The number of methoxy groups -OCH3 is 1. The van der Waals surface area contributed by atoms with Crippen molar-refractivity contribution in [3.8, 4) is 5.75 Å². The summed E-state index contributed by atoms with van der Waals surface area (Å²) in [6, 6.07) is 9.86. The fraction of sp³-hybridized carbons (Fsp3) is 0.469. The molecule has 1 atom stereocenters. The van der Waals surface area contributed by atoms with Gasteiger partial charge < -0.3 is 19.1 Å². The Balaban J connectivity index is 2.79. The number of aryl methyl sites for hydroxylation is 2. The van der Waals surface area contributed by atoms with Crippen molar-refractivity contribution in [2.45, 2.75) is 74.1 Å². The quantitative estimate of drug-likeness (QED) is 0.257. The molecule has 0 aromatic heterocycles. The fourth-order valence-electron chi connectivity index (χ4n) is 4.10. The maximum absolute atomic E-state index is 14.3. The molecule has 2 rings (SSSR count). The second kappa shape index (κ2) is 13.3. The summed E-state index contributed by atoms with van der Waals surface area (Å²) in [4.78, 5) is 69.3. The zero-order valence-electron chi connectivity index (χ0n) is 27.1. The number of hydrogen-bond acceptors (Lipinski definition) is 8. The third-order valence-electron chi connectivity index (χ3n) is 6.27. The number of amides is 4. The van der Waals surface area contributed by atoms with Crippen LogP contribution in [0.1, 0.15) is 78.9 Å². The van der Waals surface area contributed by atoms with E-state index in [1.54, 1.807) is 72.7 Å². The zero-order valence-corrected chi connectivity index (χ0v) is 27.1. The Hall–Kier alpha value is -4.41. The summed E-state index contributed by atoms with van der Waals surface area (Å²) in [5.74, 6) is -2.90. The van der Waals surface area contributed by atoms with Crippen LogP contribution in [0.4, 0.5) is 4.79 Å². The van der Waals surface area contributed by atoms with Crippen LogP contribution in [-0.2, 0) is 19.1 Å². The first-order chi connectivity index (χ1) is 19.7. The average Bonchev–Trinajstić information content (AvgIpc) is 2.88. The summed E-state index contributed by atoms with van der Waals surface area (Å²) in [6.45, 7) is 14.9. The van der Waals surface area contributed by atoms with Crippen molar-refractivity contribution < 1.29 is 38.2 Å². The van der Waals surface area contributed by atoms with E-state index >= 15 is 0 Å². The van der Waals surface area contributed by atoms with E-state index in [-0.39, 0.29) is 11.1 Å². The van der Waals surface area contributed by atoms with E-state index in [9.17, 15) is 24.0 Å². The summed E-state index contributed by atoms with van der Waals surface area (Å²) in [5, 5.41) is 1.52. The highest BCUT2D eigenvalue weighted by Gasteiger charge is 2.44. The van der Waals surface area contributed by atoms with Crippen molar-refractivity contribution in [3.63, 3.8) is 0 Å². The molecule has 11 nitrogen and oxygen atoms in total. The van der Waals surface area contributed by atoms with Crippen LogP contribution in [0.2, 0.25) is 0 Å². The van der Waals surface area contributed by atoms with Gasteiger partial charge in [0.15, 0.2) is 0 Å². The van der Waals surface area contributed by atoms with Gasteiger partial charge in [-0.25, -0.2) is 9.80 Å². The Labute approximate surface area is 253 Å². The molecule has 234 valence electrons. The lowest BCUT2D eigenvalue weighted by Crippen LogP contribution is -2.61. The van der Waals surface area contributed by atoms with Crippen LogP contribution in [0.15, 0.2) is 36.4 Å². The smallest absolute Gasteiger partial charge is 0.440 e. The van der Waals surface area contributed by atoms with Gasteiger partial charge in [0.2, 0.25) is 0 Å². The first-order valence-corrected chi connectivity index (χ1v) is 13.7. The first-order valence-electron chi connectivity index (χ1n) is 13.7. The average molecular weight is 598 g/mol. The second-order valence-electron chi connectivity index (χ2n) is 12.5. The highest BCUT2D eigenvalue weighted by Crippen LogP contribution is 2.28. The van der Waals surface area contributed by atoms with Gasteiger partial charge in [-0.3, -0.25) is 19.2 Å². The van der Waals surface area contributed by atoms with Gasteiger partial charge in [0.25, 0.3) is 11.8 Å².